The molecule has 6 nitrogen and oxygen atoms in total. The summed E-state index contributed by atoms with van der Waals surface area (Å²) in [5, 5.41) is 11.7. The predicted octanol–water partition coefficient (Wildman–Crippen LogP) is 2.66. The lowest BCUT2D eigenvalue weighted by atomic mass is 9.96. The molecule has 0 saturated heterocycles. The second kappa shape index (κ2) is 7.91. The number of amides is 1. The molecule has 1 aromatic carbocycles. The smallest absolute Gasteiger partial charge is 0.233 e. The molecule has 1 aliphatic rings. The Morgan fingerprint density at radius 1 is 1.36 bits per heavy atom. The summed E-state index contributed by atoms with van der Waals surface area (Å²) in [4.78, 5) is 12.4. The first kappa shape index (κ1) is 17.8. The summed E-state index contributed by atoms with van der Waals surface area (Å²) in [6.45, 7) is 4.64. The molecule has 1 aliphatic carbocycles. The molecule has 0 bridgehead atoms. The number of aromatic nitrogens is 3. The molecule has 0 radical (unpaired) electrons. The van der Waals surface area contributed by atoms with Gasteiger partial charge in [-0.1, -0.05) is 49.0 Å². The maximum Gasteiger partial charge on any atom is 0.233 e. The van der Waals surface area contributed by atoms with E-state index in [0.717, 1.165) is 25.1 Å². The fourth-order valence-corrected chi connectivity index (χ4v) is 3.59. The number of carbonyl (C=O) groups excluding carboxylic acids is 1. The third kappa shape index (κ3) is 4.34. The lowest BCUT2D eigenvalue weighted by Crippen LogP contribution is -2.34. The second-order valence-corrected chi connectivity index (χ2v) is 7.81. The summed E-state index contributed by atoms with van der Waals surface area (Å²) in [5.41, 5.74) is 1.25. The van der Waals surface area contributed by atoms with Gasteiger partial charge in [0.15, 0.2) is 5.82 Å². The van der Waals surface area contributed by atoms with Gasteiger partial charge in [-0.25, -0.2) is 4.68 Å². The Morgan fingerprint density at radius 3 is 2.72 bits per heavy atom. The highest BCUT2D eigenvalue weighted by atomic mass is 32.2. The molecule has 0 unspecified atom stereocenters. The number of thioether (sulfide) groups is 1. The Labute approximate surface area is 152 Å². The van der Waals surface area contributed by atoms with Crippen LogP contribution >= 0.6 is 11.8 Å². The van der Waals surface area contributed by atoms with Crippen molar-refractivity contribution in [1.82, 2.24) is 20.2 Å². The van der Waals surface area contributed by atoms with E-state index in [-0.39, 0.29) is 11.2 Å². The van der Waals surface area contributed by atoms with Crippen LogP contribution in [0.1, 0.15) is 56.3 Å². The van der Waals surface area contributed by atoms with E-state index in [9.17, 15) is 4.79 Å². The molecule has 1 aromatic heterocycles. The fraction of sp³-hybridized carbons (Fsp3) is 0.500. The molecule has 134 valence electrons. The maximum absolute atomic E-state index is 12.4. The Balaban J connectivity index is 1.53. The lowest BCUT2D eigenvalue weighted by Gasteiger charge is -2.18. The van der Waals surface area contributed by atoms with Crippen molar-refractivity contribution in [3.05, 3.63) is 41.7 Å². The number of rotatable bonds is 8. The van der Waals surface area contributed by atoms with Crippen LogP contribution in [-0.4, -0.2) is 32.6 Å². The molecular weight excluding hydrogens is 334 g/mol. The minimum Gasteiger partial charge on any atom is -0.355 e. The van der Waals surface area contributed by atoms with Crippen molar-refractivity contribution in [2.75, 3.05) is 12.4 Å². The van der Waals surface area contributed by atoms with Crippen LogP contribution in [0.5, 0.6) is 0 Å². The number of carbonyl (C=O) groups is 1. The summed E-state index contributed by atoms with van der Waals surface area (Å²) in [6.07, 6.45) is 3.22. The summed E-state index contributed by atoms with van der Waals surface area (Å²) in [5.74, 6) is 7.63. The average molecular weight is 359 g/mol. The Hall–Kier alpha value is -2.02. The molecule has 1 heterocycles. The van der Waals surface area contributed by atoms with Gasteiger partial charge in [-0.2, -0.15) is 0 Å². The minimum absolute atomic E-state index is 0.00430. The molecule has 1 amide bonds. The molecule has 1 saturated carbocycles. The highest BCUT2D eigenvalue weighted by Gasteiger charge is 2.30. The van der Waals surface area contributed by atoms with E-state index in [1.165, 1.54) is 22.0 Å². The van der Waals surface area contributed by atoms with Crippen LogP contribution in [0.4, 0.5) is 0 Å². The molecule has 3 rings (SSSR count). The highest BCUT2D eigenvalue weighted by Crippen LogP contribution is 2.39. The van der Waals surface area contributed by atoms with E-state index >= 15 is 0 Å². The van der Waals surface area contributed by atoms with E-state index < -0.39 is 0 Å². The molecule has 3 N–H and O–H groups in total. The van der Waals surface area contributed by atoms with Crippen LogP contribution in [0.3, 0.4) is 0 Å². The van der Waals surface area contributed by atoms with Gasteiger partial charge in [0.2, 0.25) is 11.1 Å². The first-order valence-electron chi connectivity index (χ1n) is 8.79. The normalized spacial score (nSPS) is 16.4. The standard InChI is InChI=1S/C18H25N5OS/c1-3-13(14-7-5-4-6-8-14)11-20-17(24)12(2)25-18-22-21-16(23(18)19)15-9-10-15/h4-8,12-13,15H,3,9-11,19H2,1-2H3,(H,20,24)/t12-,13-/m0/s1. The van der Waals surface area contributed by atoms with Crippen molar-refractivity contribution in [2.45, 2.75) is 55.4 Å². The number of benzene rings is 1. The van der Waals surface area contributed by atoms with Crippen molar-refractivity contribution >= 4 is 17.7 Å². The largest absolute Gasteiger partial charge is 0.355 e. The number of nitrogens with zero attached hydrogens (tertiary/aromatic N) is 3. The molecular formula is C18H25N5OS. The fourth-order valence-electron chi connectivity index (χ4n) is 2.79. The van der Waals surface area contributed by atoms with Gasteiger partial charge in [0.05, 0.1) is 5.25 Å². The van der Waals surface area contributed by atoms with Crippen LogP contribution in [0.15, 0.2) is 35.5 Å². The molecule has 7 heteroatoms. The van der Waals surface area contributed by atoms with Crippen molar-refractivity contribution < 1.29 is 4.79 Å². The molecule has 1 fully saturated rings. The van der Waals surface area contributed by atoms with E-state index in [1.807, 2.05) is 25.1 Å². The number of nitrogens with two attached hydrogens (primary N) is 1. The van der Waals surface area contributed by atoms with Crippen molar-refractivity contribution in [3.8, 4) is 0 Å². The summed E-state index contributed by atoms with van der Waals surface area (Å²) >= 11 is 1.35. The van der Waals surface area contributed by atoms with Crippen molar-refractivity contribution in [1.29, 1.82) is 0 Å². The van der Waals surface area contributed by atoms with E-state index in [4.69, 9.17) is 5.84 Å². The molecule has 2 atom stereocenters. The molecule has 0 spiro atoms. The topological polar surface area (TPSA) is 85.8 Å². The van der Waals surface area contributed by atoms with E-state index in [0.29, 0.717) is 23.5 Å². The van der Waals surface area contributed by atoms with Gasteiger partial charge in [0.25, 0.3) is 0 Å². The lowest BCUT2D eigenvalue weighted by molar-refractivity contribution is -0.120. The third-order valence-corrected chi connectivity index (χ3v) is 5.63. The summed E-state index contributed by atoms with van der Waals surface area (Å²) < 4.78 is 1.53. The van der Waals surface area contributed by atoms with Crippen LogP contribution in [-0.2, 0) is 4.79 Å². The Bertz CT molecular complexity index is 714. The Morgan fingerprint density at radius 2 is 2.08 bits per heavy atom. The third-order valence-electron chi connectivity index (χ3n) is 4.57. The monoisotopic (exact) mass is 359 g/mol. The van der Waals surface area contributed by atoms with E-state index in [2.05, 4.69) is 34.6 Å². The van der Waals surface area contributed by atoms with Crippen molar-refractivity contribution in [2.24, 2.45) is 0 Å². The predicted molar refractivity (Wildman–Crippen MR) is 100.0 cm³/mol. The van der Waals surface area contributed by atoms with Crippen LogP contribution in [0.2, 0.25) is 0 Å². The van der Waals surface area contributed by atoms with Crippen LogP contribution < -0.4 is 11.2 Å². The van der Waals surface area contributed by atoms with Gasteiger partial charge in [-0.15, -0.1) is 10.2 Å². The maximum atomic E-state index is 12.4. The first-order valence-corrected chi connectivity index (χ1v) is 9.67. The SMILES string of the molecule is CC[C@@H](CNC(=O)[C@H](C)Sc1nnc(C2CC2)n1N)c1ccccc1. The zero-order valence-corrected chi connectivity index (χ0v) is 15.5. The Kier molecular flexibility index (Phi) is 5.63. The van der Waals surface area contributed by atoms with Gasteiger partial charge >= 0.3 is 0 Å². The number of hydrogen-bond donors (Lipinski definition) is 2. The average Bonchev–Trinajstić information content (AvgIpc) is 3.41. The highest BCUT2D eigenvalue weighted by molar-refractivity contribution is 8.00. The van der Waals surface area contributed by atoms with Crippen molar-refractivity contribution in [3.63, 3.8) is 0 Å². The van der Waals surface area contributed by atoms with Gasteiger partial charge in [0, 0.05) is 18.4 Å². The van der Waals surface area contributed by atoms with Crippen LogP contribution in [0.25, 0.3) is 0 Å². The molecule has 0 aliphatic heterocycles. The number of nitrogen functional groups attached to an aromatic ring is 1. The van der Waals surface area contributed by atoms with Gasteiger partial charge in [-0.3, -0.25) is 4.79 Å². The zero-order chi connectivity index (χ0) is 17.8. The number of nitrogens with one attached hydrogen (secondary N) is 1. The van der Waals surface area contributed by atoms with Gasteiger partial charge in [-0.05, 0) is 31.7 Å². The molecule has 2 aromatic rings. The minimum atomic E-state index is -0.271. The van der Waals surface area contributed by atoms with E-state index in [1.54, 1.807) is 0 Å². The quantitative estimate of drug-likeness (QED) is 0.559. The summed E-state index contributed by atoms with van der Waals surface area (Å²) in [6, 6.07) is 10.3. The summed E-state index contributed by atoms with van der Waals surface area (Å²) in [7, 11) is 0. The first-order chi connectivity index (χ1) is 12.1. The second-order valence-electron chi connectivity index (χ2n) is 6.51. The molecule has 25 heavy (non-hydrogen) atoms. The zero-order valence-electron chi connectivity index (χ0n) is 14.7. The van der Waals surface area contributed by atoms with Gasteiger partial charge < -0.3 is 11.2 Å². The number of hydrogen-bond acceptors (Lipinski definition) is 5. The van der Waals surface area contributed by atoms with Gasteiger partial charge in [0.1, 0.15) is 0 Å². The van der Waals surface area contributed by atoms with Crippen LogP contribution in [0, 0.1) is 0 Å².